The summed E-state index contributed by atoms with van der Waals surface area (Å²) in [4.78, 5) is 0. The minimum Gasteiger partial charge on any atom is -0.380 e. The lowest BCUT2D eigenvalue weighted by Crippen LogP contribution is -2.22. The van der Waals surface area contributed by atoms with Gasteiger partial charge in [-0.15, -0.1) is 0 Å². The van der Waals surface area contributed by atoms with Crippen LogP contribution >= 0.6 is 23.2 Å². The van der Waals surface area contributed by atoms with E-state index in [4.69, 9.17) is 23.2 Å². The molecule has 1 saturated carbocycles. The average Bonchev–Trinajstić information content (AvgIpc) is 2.57. The van der Waals surface area contributed by atoms with Crippen LogP contribution in [0, 0.1) is 11.7 Å². The second kappa shape index (κ2) is 4.80. The third-order valence-electron chi connectivity index (χ3n) is 3.20. The van der Waals surface area contributed by atoms with Crippen molar-refractivity contribution in [3.05, 3.63) is 28.0 Å². The molecule has 0 saturated heterocycles. The van der Waals surface area contributed by atoms with E-state index in [9.17, 15) is 4.39 Å². The summed E-state index contributed by atoms with van der Waals surface area (Å²) in [5.41, 5.74) is 0.656. The molecule has 0 radical (unpaired) electrons. The van der Waals surface area contributed by atoms with Gasteiger partial charge in [-0.3, -0.25) is 0 Å². The summed E-state index contributed by atoms with van der Waals surface area (Å²) in [5, 5.41) is 4.03. The molecule has 2 unspecified atom stereocenters. The van der Waals surface area contributed by atoms with Gasteiger partial charge in [-0.1, -0.05) is 36.5 Å². The standard InChI is InChI=1S/C12H14Cl2FN/c1-7-3-2-4-11(7)16-12-9(13)5-8(15)6-10(12)14/h5-7,11,16H,2-4H2,1H3. The zero-order chi connectivity index (χ0) is 11.7. The Labute approximate surface area is 105 Å². The minimum atomic E-state index is -0.403. The van der Waals surface area contributed by atoms with Gasteiger partial charge in [0.1, 0.15) is 5.82 Å². The normalized spacial score (nSPS) is 24.8. The topological polar surface area (TPSA) is 12.0 Å². The van der Waals surface area contributed by atoms with Crippen LogP contribution in [0.5, 0.6) is 0 Å². The maximum Gasteiger partial charge on any atom is 0.126 e. The Bertz CT molecular complexity index is 372. The Kier molecular flexibility index (Phi) is 3.60. The van der Waals surface area contributed by atoms with Crippen molar-refractivity contribution in [1.82, 2.24) is 0 Å². The minimum absolute atomic E-state index is 0.351. The molecule has 1 aliphatic rings. The Balaban J connectivity index is 2.21. The summed E-state index contributed by atoms with van der Waals surface area (Å²) in [7, 11) is 0. The summed E-state index contributed by atoms with van der Waals surface area (Å²) in [6, 6.07) is 2.96. The van der Waals surface area contributed by atoms with Crippen LogP contribution in [0.4, 0.5) is 10.1 Å². The molecule has 0 spiro atoms. The third kappa shape index (κ3) is 2.44. The fourth-order valence-electron chi connectivity index (χ4n) is 2.23. The lowest BCUT2D eigenvalue weighted by Gasteiger charge is -2.20. The fraction of sp³-hybridized carbons (Fsp3) is 0.500. The summed E-state index contributed by atoms with van der Waals surface area (Å²) in [5.74, 6) is 0.206. The molecule has 4 heteroatoms. The highest BCUT2D eigenvalue weighted by molar-refractivity contribution is 6.39. The highest BCUT2D eigenvalue weighted by Crippen LogP contribution is 2.35. The van der Waals surface area contributed by atoms with Gasteiger partial charge >= 0.3 is 0 Å². The molecule has 16 heavy (non-hydrogen) atoms. The Hall–Kier alpha value is -0.470. The van der Waals surface area contributed by atoms with Crippen molar-refractivity contribution in [3.8, 4) is 0 Å². The number of anilines is 1. The zero-order valence-electron chi connectivity index (χ0n) is 9.06. The summed E-state index contributed by atoms with van der Waals surface area (Å²) in [6.45, 7) is 2.20. The van der Waals surface area contributed by atoms with E-state index in [1.807, 2.05) is 0 Å². The van der Waals surface area contributed by atoms with E-state index in [1.165, 1.54) is 25.0 Å². The van der Waals surface area contributed by atoms with Crippen molar-refractivity contribution < 1.29 is 4.39 Å². The Morgan fingerprint density at radius 3 is 2.38 bits per heavy atom. The molecule has 1 aliphatic carbocycles. The van der Waals surface area contributed by atoms with Crippen LogP contribution in [0.1, 0.15) is 26.2 Å². The predicted molar refractivity (Wildman–Crippen MR) is 66.8 cm³/mol. The molecule has 1 N–H and O–H groups in total. The van der Waals surface area contributed by atoms with Gasteiger partial charge in [0.05, 0.1) is 15.7 Å². The molecule has 1 aromatic carbocycles. The number of halogens is 3. The number of hydrogen-bond acceptors (Lipinski definition) is 1. The first-order valence-corrected chi connectivity index (χ1v) is 6.24. The average molecular weight is 262 g/mol. The lowest BCUT2D eigenvalue weighted by atomic mass is 10.1. The summed E-state index contributed by atoms with van der Waals surface area (Å²) < 4.78 is 13.0. The largest absolute Gasteiger partial charge is 0.380 e. The van der Waals surface area contributed by atoms with E-state index in [0.29, 0.717) is 27.7 Å². The highest BCUT2D eigenvalue weighted by Gasteiger charge is 2.24. The van der Waals surface area contributed by atoms with Crippen LogP contribution < -0.4 is 5.32 Å². The monoisotopic (exact) mass is 261 g/mol. The van der Waals surface area contributed by atoms with Gasteiger partial charge in [-0.25, -0.2) is 4.39 Å². The summed E-state index contributed by atoms with van der Waals surface area (Å²) >= 11 is 11.9. The van der Waals surface area contributed by atoms with Crippen LogP contribution in [0.25, 0.3) is 0 Å². The maximum atomic E-state index is 13.0. The third-order valence-corrected chi connectivity index (χ3v) is 3.79. The van der Waals surface area contributed by atoms with Gasteiger partial charge in [0, 0.05) is 6.04 Å². The van der Waals surface area contributed by atoms with Crippen molar-refractivity contribution in [2.24, 2.45) is 5.92 Å². The van der Waals surface area contributed by atoms with E-state index < -0.39 is 5.82 Å². The van der Waals surface area contributed by atoms with Crippen molar-refractivity contribution in [3.63, 3.8) is 0 Å². The van der Waals surface area contributed by atoms with Crippen molar-refractivity contribution in [2.75, 3.05) is 5.32 Å². The molecule has 1 aromatic rings. The number of hydrogen-bond donors (Lipinski definition) is 1. The first-order chi connectivity index (χ1) is 7.58. The van der Waals surface area contributed by atoms with E-state index in [1.54, 1.807) is 0 Å². The van der Waals surface area contributed by atoms with Crippen LogP contribution in [0.2, 0.25) is 10.0 Å². The van der Waals surface area contributed by atoms with Gasteiger partial charge in [0.2, 0.25) is 0 Å². The molecule has 2 rings (SSSR count). The van der Waals surface area contributed by atoms with Crippen LogP contribution in [-0.4, -0.2) is 6.04 Å². The summed E-state index contributed by atoms with van der Waals surface area (Å²) in [6.07, 6.45) is 3.55. The van der Waals surface area contributed by atoms with Crippen molar-refractivity contribution >= 4 is 28.9 Å². The quantitative estimate of drug-likeness (QED) is 0.812. The van der Waals surface area contributed by atoms with Crippen molar-refractivity contribution in [1.29, 1.82) is 0 Å². The van der Waals surface area contributed by atoms with E-state index in [2.05, 4.69) is 12.2 Å². The molecule has 0 amide bonds. The molecular formula is C12H14Cl2FN. The molecule has 88 valence electrons. The first-order valence-electron chi connectivity index (χ1n) is 5.49. The Morgan fingerprint density at radius 2 is 1.88 bits per heavy atom. The van der Waals surface area contributed by atoms with Gasteiger partial charge in [0.15, 0.2) is 0 Å². The van der Waals surface area contributed by atoms with Crippen molar-refractivity contribution in [2.45, 2.75) is 32.2 Å². The van der Waals surface area contributed by atoms with Crippen LogP contribution in [0.15, 0.2) is 12.1 Å². The number of nitrogens with one attached hydrogen (secondary N) is 1. The molecule has 1 fully saturated rings. The van der Waals surface area contributed by atoms with E-state index >= 15 is 0 Å². The smallest absolute Gasteiger partial charge is 0.126 e. The second-order valence-corrected chi connectivity index (χ2v) is 5.22. The molecule has 0 bridgehead atoms. The number of benzene rings is 1. The lowest BCUT2D eigenvalue weighted by molar-refractivity contribution is 0.556. The Morgan fingerprint density at radius 1 is 1.25 bits per heavy atom. The number of rotatable bonds is 2. The molecule has 0 aromatic heterocycles. The molecule has 1 nitrogen and oxygen atoms in total. The fourth-order valence-corrected chi connectivity index (χ4v) is 2.79. The molecule has 2 atom stereocenters. The molecule has 0 aliphatic heterocycles. The van der Waals surface area contributed by atoms with Gasteiger partial charge in [-0.2, -0.15) is 0 Å². The zero-order valence-corrected chi connectivity index (χ0v) is 10.6. The first kappa shape index (κ1) is 12.0. The highest BCUT2D eigenvalue weighted by atomic mass is 35.5. The molecule has 0 heterocycles. The van der Waals surface area contributed by atoms with Gasteiger partial charge in [-0.05, 0) is 30.9 Å². The van der Waals surface area contributed by atoms with Gasteiger partial charge < -0.3 is 5.32 Å². The predicted octanol–water partition coefficient (Wildman–Crippen LogP) is 4.73. The SMILES string of the molecule is CC1CCCC1Nc1c(Cl)cc(F)cc1Cl. The van der Waals surface area contributed by atoms with Crippen LogP contribution in [-0.2, 0) is 0 Å². The van der Waals surface area contributed by atoms with Gasteiger partial charge in [0.25, 0.3) is 0 Å². The van der Waals surface area contributed by atoms with Crippen LogP contribution in [0.3, 0.4) is 0 Å². The van der Waals surface area contributed by atoms with E-state index in [0.717, 1.165) is 6.42 Å². The molecular weight excluding hydrogens is 248 g/mol. The second-order valence-electron chi connectivity index (χ2n) is 4.40. The van der Waals surface area contributed by atoms with E-state index in [-0.39, 0.29) is 0 Å². The maximum absolute atomic E-state index is 13.0.